The van der Waals surface area contributed by atoms with Gasteiger partial charge < -0.3 is 5.32 Å². The second kappa shape index (κ2) is 5.02. The Labute approximate surface area is 107 Å². The van der Waals surface area contributed by atoms with Crippen LogP contribution in [0.1, 0.15) is 26.3 Å². The lowest BCUT2D eigenvalue weighted by atomic mass is 10.0. The van der Waals surface area contributed by atoms with Gasteiger partial charge in [0.2, 0.25) is 0 Å². The number of aromatic nitrogens is 1. The molecule has 2 rings (SSSR count). The monoisotopic (exact) mass is 246 g/mol. The molecule has 18 heavy (non-hydrogen) atoms. The summed E-state index contributed by atoms with van der Waals surface area (Å²) >= 11 is 0. The molecule has 2 nitrogen and oxygen atoms in total. The predicted molar refractivity (Wildman–Crippen MR) is 73.2 cm³/mol. The fraction of sp³-hybridized carbons (Fsp3) is 0.400. The molecule has 0 saturated heterocycles. The van der Waals surface area contributed by atoms with Crippen LogP contribution < -0.4 is 5.32 Å². The lowest BCUT2D eigenvalue weighted by Gasteiger charge is -2.20. The van der Waals surface area contributed by atoms with Gasteiger partial charge in [-0.1, -0.05) is 6.07 Å². The standard InChI is InChI=1S/C15H19FN2/c1-15(2,3)18-10-8-12-13(16)7-6-11-5-4-9-17-14(11)12/h4-7,9,18H,8,10H2,1-3H3. The van der Waals surface area contributed by atoms with Crippen LogP contribution in [0.25, 0.3) is 10.9 Å². The summed E-state index contributed by atoms with van der Waals surface area (Å²) in [5.41, 5.74) is 1.52. The molecule has 0 aliphatic carbocycles. The molecule has 0 saturated carbocycles. The van der Waals surface area contributed by atoms with E-state index in [1.807, 2.05) is 12.1 Å². The molecule has 0 aliphatic rings. The van der Waals surface area contributed by atoms with E-state index in [4.69, 9.17) is 0 Å². The van der Waals surface area contributed by atoms with Gasteiger partial charge >= 0.3 is 0 Å². The highest BCUT2D eigenvalue weighted by atomic mass is 19.1. The van der Waals surface area contributed by atoms with E-state index in [1.54, 1.807) is 12.3 Å². The molecule has 96 valence electrons. The molecule has 3 heteroatoms. The van der Waals surface area contributed by atoms with E-state index < -0.39 is 0 Å². The molecule has 0 fully saturated rings. The molecule has 0 spiro atoms. The molecule has 0 bridgehead atoms. The molecular weight excluding hydrogens is 227 g/mol. The first-order valence-corrected chi connectivity index (χ1v) is 6.24. The largest absolute Gasteiger partial charge is 0.312 e. The second-order valence-electron chi connectivity index (χ2n) is 5.53. The molecule has 0 radical (unpaired) electrons. The minimum absolute atomic E-state index is 0.0501. The smallest absolute Gasteiger partial charge is 0.128 e. The Hall–Kier alpha value is -1.48. The van der Waals surface area contributed by atoms with Crippen molar-refractivity contribution in [1.29, 1.82) is 0 Å². The molecule has 2 aromatic rings. The van der Waals surface area contributed by atoms with Crippen molar-refractivity contribution in [3.63, 3.8) is 0 Å². The topological polar surface area (TPSA) is 24.9 Å². The van der Waals surface area contributed by atoms with Crippen molar-refractivity contribution in [2.24, 2.45) is 0 Å². The lowest BCUT2D eigenvalue weighted by Crippen LogP contribution is -2.37. The number of pyridine rings is 1. The molecule has 1 aromatic carbocycles. The summed E-state index contributed by atoms with van der Waals surface area (Å²) in [6.07, 6.45) is 2.36. The fourth-order valence-electron chi connectivity index (χ4n) is 1.98. The molecule has 1 heterocycles. The van der Waals surface area contributed by atoms with Gasteiger partial charge in [0.15, 0.2) is 0 Å². The van der Waals surface area contributed by atoms with Crippen LogP contribution in [0, 0.1) is 5.82 Å². The summed E-state index contributed by atoms with van der Waals surface area (Å²) in [6.45, 7) is 7.05. The zero-order valence-electron chi connectivity index (χ0n) is 11.1. The van der Waals surface area contributed by atoms with Gasteiger partial charge in [0.25, 0.3) is 0 Å². The Balaban J connectivity index is 2.24. The van der Waals surface area contributed by atoms with Crippen LogP contribution in [0.3, 0.4) is 0 Å². The van der Waals surface area contributed by atoms with E-state index in [9.17, 15) is 4.39 Å². The van der Waals surface area contributed by atoms with E-state index in [2.05, 4.69) is 31.1 Å². The Morgan fingerprint density at radius 2 is 2.00 bits per heavy atom. The summed E-state index contributed by atoms with van der Waals surface area (Å²) in [7, 11) is 0. The third-order valence-electron chi connectivity index (χ3n) is 2.85. The quantitative estimate of drug-likeness (QED) is 0.898. The molecule has 1 aromatic heterocycles. The Morgan fingerprint density at radius 3 is 2.72 bits per heavy atom. The third-order valence-corrected chi connectivity index (χ3v) is 2.85. The van der Waals surface area contributed by atoms with Crippen molar-refractivity contribution in [1.82, 2.24) is 10.3 Å². The highest BCUT2D eigenvalue weighted by Crippen LogP contribution is 2.19. The summed E-state index contributed by atoms with van der Waals surface area (Å²) in [6, 6.07) is 7.13. The van der Waals surface area contributed by atoms with Crippen molar-refractivity contribution in [2.45, 2.75) is 32.7 Å². The molecular formula is C15H19FN2. The Morgan fingerprint density at radius 1 is 1.22 bits per heavy atom. The van der Waals surface area contributed by atoms with Crippen LogP contribution in [0.2, 0.25) is 0 Å². The minimum atomic E-state index is -0.170. The van der Waals surface area contributed by atoms with Gasteiger partial charge in [-0.2, -0.15) is 0 Å². The van der Waals surface area contributed by atoms with Gasteiger partial charge in [-0.3, -0.25) is 4.98 Å². The maximum atomic E-state index is 13.9. The van der Waals surface area contributed by atoms with Crippen molar-refractivity contribution >= 4 is 10.9 Å². The summed E-state index contributed by atoms with van der Waals surface area (Å²) in [4.78, 5) is 4.29. The first kappa shape index (κ1) is 13.0. The second-order valence-corrected chi connectivity index (χ2v) is 5.53. The van der Waals surface area contributed by atoms with Crippen LogP contribution in [-0.2, 0) is 6.42 Å². The normalized spacial score (nSPS) is 12.0. The molecule has 1 N–H and O–H groups in total. The Bertz CT molecular complexity index is 544. The number of nitrogens with zero attached hydrogens (tertiary/aromatic N) is 1. The van der Waals surface area contributed by atoms with Crippen LogP contribution in [0.4, 0.5) is 4.39 Å². The first-order chi connectivity index (χ1) is 8.47. The SMILES string of the molecule is CC(C)(C)NCCc1c(F)ccc2cccnc12. The average Bonchev–Trinajstić information content (AvgIpc) is 2.31. The van der Waals surface area contributed by atoms with Crippen LogP contribution in [0.15, 0.2) is 30.5 Å². The van der Waals surface area contributed by atoms with Gasteiger partial charge in [-0.05, 0) is 51.9 Å². The summed E-state index contributed by atoms with van der Waals surface area (Å²) in [5, 5.41) is 4.36. The first-order valence-electron chi connectivity index (χ1n) is 6.24. The van der Waals surface area contributed by atoms with E-state index in [-0.39, 0.29) is 11.4 Å². The number of nitrogens with one attached hydrogen (secondary N) is 1. The van der Waals surface area contributed by atoms with Gasteiger partial charge in [0.05, 0.1) is 5.52 Å². The van der Waals surface area contributed by atoms with Gasteiger partial charge in [-0.15, -0.1) is 0 Å². The van der Waals surface area contributed by atoms with Crippen LogP contribution in [0.5, 0.6) is 0 Å². The van der Waals surface area contributed by atoms with E-state index >= 15 is 0 Å². The zero-order valence-corrected chi connectivity index (χ0v) is 11.1. The van der Waals surface area contributed by atoms with E-state index in [0.29, 0.717) is 12.0 Å². The maximum Gasteiger partial charge on any atom is 0.128 e. The number of hydrogen-bond donors (Lipinski definition) is 1. The highest BCUT2D eigenvalue weighted by molar-refractivity contribution is 5.81. The average molecular weight is 246 g/mol. The summed E-state index contributed by atoms with van der Waals surface area (Å²) in [5.74, 6) is -0.170. The van der Waals surface area contributed by atoms with Gasteiger partial charge in [0.1, 0.15) is 5.82 Å². The zero-order chi connectivity index (χ0) is 13.2. The van der Waals surface area contributed by atoms with Crippen molar-refractivity contribution in [3.8, 4) is 0 Å². The maximum absolute atomic E-state index is 13.9. The fourth-order valence-corrected chi connectivity index (χ4v) is 1.98. The number of fused-ring (bicyclic) bond motifs is 1. The Kier molecular flexibility index (Phi) is 3.62. The van der Waals surface area contributed by atoms with E-state index in [0.717, 1.165) is 17.4 Å². The van der Waals surface area contributed by atoms with Crippen LogP contribution in [-0.4, -0.2) is 17.1 Å². The molecule has 0 aliphatic heterocycles. The number of halogens is 1. The van der Waals surface area contributed by atoms with E-state index in [1.165, 1.54) is 6.07 Å². The van der Waals surface area contributed by atoms with Crippen molar-refractivity contribution in [3.05, 3.63) is 41.8 Å². The molecule has 0 atom stereocenters. The van der Waals surface area contributed by atoms with Gasteiger partial charge in [0, 0.05) is 22.7 Å². The highest BCUT2D eigenvalue weighted by Gasteiger charge is 2.11. The molecule has 0 amide bonds. The van der Waals surface area contributed by atoms with Crippen molar-refractivity contribution < 1.29 is 4.39 Å². The van der Waals surface area contributed by atoms with Gasteiger partial charge in [-0.25, -0.2) is 4.39 Å². The predicted octanol–water partition coefficient (Wildman–Crippen LogP) is 3.30. The third kappa shape index (κ3) is 3.05. The minimum Gasteiger partial charge on any atom is -0.312 e. The summed E-state index contributed by atoms with van der Waals surface area (Å²) < 4.78 is 13.9. The van der Waals surface area contributed by atoms with Crippen molar-refractivity contribution in [2.75, 3.05) is 6.54 Å². The lowest BCUT2D eigenvalue weighted by molar-refractivity contribution is 0.428. The number of benzene rings is 1. The molecule has 0 unspecified atom stereocenters. The number of hydrogen-bond acceptors (Lipinski definition) is 2. The van der Waals surface area contributed by atoms with Crippen LogP contribution >= 0.6 is 0 Å². The number of rotatable bonds is 3.